The smallest absolute Gasteiger partial charge is 0.242 e. The van der Waals surface area contributed by atoms with E-state index >= 15 is 0 Å². The first-order chi connectivity index (χ1) is 8.72. The summed E-state index contributed by atoms with van der Waals surface area (Å²) in [6.45, 7) is 3.98. The fourth-order valence-corrected chi connectivity index (χ4v) is 2.24. The highest BCUT2D eigenvalue weighted by Crippen LogP contribution is 2.13. The van der Waals surface area contributed by atoms with Crippen LogP contribution in [0.3, 0.4) is 0 Å². The van der Waals surface area contributed by atoms with Gasteiger partial charge < -0.3 is 15.0 Å². The van der Waals surface area contributed by atoms with Gasteiger partial charge in [-0.25, -0.2) is 0 Å². The molecule has 18 heavy (non-hydrogen) atoms. The molecule has 1 heterocycles. The predicted octanol–water partition coefficient (Wildman–Crippen LogP) is 1.02. The number of hydrogen-bond donors (Lipinski definition) is 1. The van der Waals surface area contributed by atoms with Crippen LogP contribution in [-0.2, 0) is 16.1 Å². The Kier molecular flexibility index (Phi) is 4.33. The minimum absolute atomic E-state index is 0.124. The van der Waals surface area contributed by atoms with E-state index in [4.69, 9.17) is 4.74 Å². The molecule has 0 aliphatic carbocycles. The van der Waals surface area contributed by atoms with Crippen LogP contribution in [0.25, 0.3) is 0 Å². The van der Waals surface area contributed by atoms with Crippen molar-refractivity contribution in [1.82, 2.24) is 10.2 Å². The number of nitrogens with one attached hydrogen (secondary N) is 1. The average molecular weight is 248 g/mol. The molecule has 4 heteroatoms. The van der Waals surface area contributed by atoms with Crippen molar-refractivity contribution in [3.05, 3.63) is 35.9 Å². The van der Waals surface area contributed by atoms with E-state index in [1.54, 1.807) is 7.11 Å². The monoisotopic (exact) mass is 248 g/mol. The second-order valence-corrected chi connectivity index (χ2v) is 4.72. The van der Waals surface area contributed by atoms with E-state index in [0.29, 0.717) is 13.2 Å². The second kappa shape index (κ2) is 5.98. The third-order valence-corrected chi connectivity index (χ3v) is 3.30. The summed E-state index contributed by atoms with van der Waals surface area (Å²) >= 11 is 0. The number of rotatable bonds is 4. The molecule has 1 N–H and O–H groups in total. The van der Waals surface area contributed by atoms with Gasteiger partial charge in [0.25, 0.3) is 0 Å². The highest BCUT2D eigenvalue weighted by Gasteiger charge is 2.32. The fourth-order valence-electron chi connectivity index (χ4n) is 2.24. The van der Waals surface area contributed by atoms with E-state index in [9.17, 15) is 4.79 Å². The number of carbonyl (C=O) groups excluding carboxylic acids is 1. The maximum absolute atomic E-state index is 12.3. The van der Waals surface area contributed by atoms with Crippen molar-refractivity contribution in [2.24, 2.45) is 0 Å². The summed E-state index contributed by atoms with van der Waals surface area (Å²) in [5.41, 5.74) is 1.16. The zero-order valence-electron chi connectivity index (χ0n) is 10.9. The molecule has 1 saturated heterocycles. The molecule has 1 aromatic rings. The first-order valence-corrected chi connectivity index (χ1v) is 6.29. The molecule has 1 aliphatic rings. The molecule has 1 aromatic carbocycles. The average Bonchev–Trinajstić information content (AvgIpc) is 2.39. The van der Waals surface area contributed by atoms with E-state index in [1.807, 2.05) is 35.2 Å². The molecule has 0 bridgehead atoms. The number of piperazine rings is 1. The maximum atomic E-state index is 12.3. The lowest BCUT2D eigenvalue weighted by Crippen LogP contribution is -2.60. The molecule has 1 amide bonds. The van der Waals surface area contributed by atoms with Crippen LogP contribution in [0.15, 0.2) is 30.3 Å². The van der Waals surface area contributed by atoms with Gasteiger partial charge in [0.15, 0.2) is 0 Å². The normalized spacial score (nSPS) is 24.3. The van der Waals surface area contributed by atoms with E-state index in [1.165, 1.54) is 0 Å². The molecule has 4 nitrogen and oxygen atoms in total. The molecular formula is C14H20N2O2. The molecular weight excluding hydrogens is 228 g/mol. The standard InChI is InChI=1S/C14H20N2O2/c1-11-8-15-13(10-18-2)14(17)16(11)9-12-6-4-3-5-7-12/h3-7,11,13,15H,8-10H2,1-2H3/t11-,13+/m0/s1. The molecule has 0 unspecified atom stereocenters. The van der Waals surface area contributed by atoms with Gasteiger partial charge in [0.05, 0.1) is 6.61 Å². The summed E-state index contributed by atoms with van der Waals surface area (Å²) in [5, 5.41) is 3.22. The third-order valence-electron chi connectivity index (χ3n) is 3.30. The number of amides is 1. The minimum atomic E-state index is -0.213. The van der Waals surface area contributed by atoms with Gasteiger partial charge in [0.1, 0.15) is 6.04 Å². The number of nitrogens with zero attached hydrogens (tertiary/aromatic N) is 1. The zero-order valence-corrected chi connectivity index (χ0v) is 10.9. The van der Waals surface area contributed by atoms with E-state index in [0.717, 1.165) is 12.1 Å². The van der Waals surface area contributed by atoms with Gasteiger partial charge in [-0.1, -0.05) is 30.3 Å². The number of ether oxygens (including phenoxy) is 1. The lowest BCUT2D eigenvalue weighted by Gasteiger charge is -2.38. The van der Waals surface area contributed by atoms with Crippen molar-refractivity contribution in [2.75, 3.05) is 20.3 Å². The molecule has 2 rings (SSSR count). The summed E-state index contributed by atoms with van der Waals surface area (Å²) in [5.74, 6) is 0.124. The van der Waals surface area contributed by atoms with Crippen molar-refractivity contribution < 1.29 is 9.53 Å². The number of methoxy groups -OCH3 is 1. The SMILES string of the molecule is COC[C@H]1NC[C@H](C)N(Cc2ccccc2)C1=O. The number of hydrogen-bond acceptors (Lipinski definition) is 3. The van der Waals surface area contributed by atoms with Crippen molar-refractivity contribution in [3.63, 3.8) is 0 Å². The Morgan fingerprint density at radius 2 is 2.11 bits per heavy atom. The Labute approximate surface area is 108 Å². The van der Waals surface area contributed by atoms with Gasteiger partial charge in [-0.3, -0.25) is 4.79 Å². The first-order valence-electron chi connectivity index (χ1n) is 6.29. The van der Waals surface area contributed by atoms with Gasteiger partial charge in [0.2, 0.25) is 5.91 Å². The van der Waals surface area contributed by atoms with Crippen molar-refractivity contribution >= 4 is 5.91 Å². The topological polar surface area (TPSA) is 41.6 Å². The summed E-state index contributed by atoms with van der Waals surface area (Å²) in [6.07, 6.45) is 0. The highest BCUT2D eigenvalue weighted by molar-refractivity contribution is 5.83. The maximum Gasteiger partial charge on any atom is 0.242 e. The van der Waals surface area contributed by atoms with Crippen molar-refractivity contribution in [2.45, 2.75) is 25.6 Å². The van der Waals surface area contributed by atoms with Gasteiger partial charge >= 0.3 is 0 Å². The number of carbonyl (C=O) groups is 1. The summed E-state index contributed by atoms with van der Waals surface area (Å²) in [4.78, 5) is 14.2. The lowest BCUT2D eigenvalue weighted by molar-refractivity contribution is -0.140. The van der Waals surface area contributed by atoms with Gasteiger partial charge in [0, 0.05) is 26.2 Å². The van der Waals surface area contributed by atoms with E-state index in [-0.39, 0.29) is 18.0 Å². The van der Waals surface area contributed by atoms with Gasteiger partial charge in [-0.15, -0.1) is 0 Å². The van der Waals surface area contributed by atoms with E-state index in [2.05, 4.69) is 12.2 Å². The van der Waals surface area contributed by atoms with Gasteiger partial charge in [-0.05, 0) is 12.5 Å². The Morgan fingerprint density at radius 1 is 1.39 bits per heavy atom. The zero-order chi connectivity index (χ0) is 13.0. The molecule has 98 valence electrons. The first kappa shape index (κ1) is 13.1. The molecule has 0 saturated carbocycles. The van der Waals surface area contributed by atoms with Crippen LogP contribution in [0.4, 0.5) is 0 Å². The van der Waals surface area contributed by atoms with Crippen LogP contribution in [0.5, 0.6) is 0 Å². The summed E-state index contributed by atoms with van der Waals surface area (Å²) < 4.78 is 5.08. The van der Waals surface area contributed by atoms with Crippen molar-refractivity contribution in [3.8, 4) is 0 Å². The van der Waals surface area contributed by atoms with Crippen LogP contribution in [0.1, 0.15) is 12.5 Å². The number of benzene rings is 1. The lowest BCUT2D eigenvalue weighted by atomic mass is 10.1. The van der Waals surface area contributed by atoms with Crippen LogP contribution >= 0.6 is 0 Å². The van der Waals surface area contributed by atoms with Crippen LogP contribution < -0.4 is 5.32 Å². The molecule has 0 radical (unpaired) electrons. The van der Waals surface area contributed by atoms with Crippen LogP contribution in [-0.4, -0.2) is 43.2 Å². The Hall–Kier alpha value is -1.39. The minimum Gasteiger partial charge on any atom is -0.383 e. The quantitative estimate of drug-likeness (QED) is 0.865. The molecule has 0 spiro atoms. The third kappa shape index (κ3) is 2.89. The molecule has 0 aromatic heterocycles. The second-order valence-electron chi connectivity index (χ2n) is 4.72. The largest absolute Gasteiger partial charge is 0.383 e. The summed E-state index contributed by atoms with van der Waals surface area (Å²) in [7, 11) is 1.62. The van der Waals surface area contributed by atoms with Gasteiger partial charge in [-0.2, -0.15) is 0 Å². The van der Waals surface area contributed by atoms with Crippen LogP contribution in [0, 0.1) is 0 Å². The van der Waals surface area contributed by atoms with Crippen molar-refractivity contribution in [1.29, 1.82) is 0 Å². The fraction of sp³-hybridized carbons (Fsp3) is 0.500. The van der Waals surface area contributed by atoms with Crippen LogP contribution in [0.2, 0.25) is 0 Å². The Morgan fingerprint density at radius 3 is 2.78 bits per heavy atom. The Balaban J connectivity index is 2.07. The predicted molar refractivity (Wildman–Crippen MR) is 70.1 cm³/mol. The molecule has 2 atom stereocenters. The molecule has 1 aliphatic heterocycles. The van der Waals surface area contributed by atoms with E-state index < -0.39 is 0 Å². The molecule has 1 fully saturated rings. The highest BCUT2D eigenvalue weighted by atomic mass is 16.5. The summed E-state index contributed by atoms with van der Waals surface area (Å²) in [6, 6.07) is 10.1. The Bertz CT molecular complexity index is 394.